The summed E-state index contributed by atoms with van der Waals surface area (Å²) in [5, 5.41) is 20.3. The molecule has 1 heterocycles. The number of ketones is 1. The predicted octanol–water partition coefficient (Wildman–Crippen LogP) is 2.45. The lowest BCUT2D eigenvalue weighted by Gasteiger charge is -2.34. The number of carbonyl (C=O) groups is 2. The smallest absolute Gasteiger partial charge is 0.372 e. The first-order valence-corrected chi connectivity index (χ1v) is 6.97. The summed E-state index contributed by atoms with van der Waals surface area (Å²) in [6.07, 6.45) is 0.376. The second-order valence-corrected chi connectivity index (χ2v) is 6.54. The molecule has 0 fully saturated rings. The molecule has 0 saturated heterocycles. The van der Waals surface area contributed by atoms with Gasteiger partial charge >= 0.3 is 5.97 Å². The lowest BCUT2D eigenvalue weighted by Crippen LogP contribution is -2.42. The molecule has 0 unspecified atom stereocenters. The van der Waals surface area contributed by atoms with Gasteiger partial charge in [0.1, 0.15) is 0 Å². The Hall–Kier alpha value is -1.72. The van der Waals surface area contributed by atoms with Crippen molar-refractivity contribution in [2.45, 2.75) is 51.6 Å². The largest absolute Gasteiger partial charge is 0.476 e. The van der Waals surface area contributed by atoms with Gasteiger partial charge in [-0.3, -0.25) is 4.79 Å². The summed E-state index contributed by atoms with van der Waals surface area (Å²) < 4.78 is 0. The van der Waals surface area contributed by atoms with Crippen LogP contribution in [0.5, 0.6) is 0 Å². The van der Waals surface area contributed by atoms with Crippen LogP contribution < -0.4 is 0 Å². The first-order chi connectivity index (χ1) is 9.58. The fraction of sp³-hybridized carbons (Fsp3) is 0.500. The number of carbonyl (C=O) groups excluding carboxylic acids is 1. The molecular formula is C16H21NO4. The van der Waals surface area contributed by atoms with E-state index in [1.54, 1.807) is 0 Å². The molecule has 114 valence electrons. The van der Waals surface area contributed by atoms with Crippen LogP contribution in [-0.2, 0) is 27.1 Å². The highest BCUT2D eigenvalue weighted by molar-refractivity contribution is 6.32. The molecule has 1 aliphatic rings. The minimum atomic E-state index is -1.39. The number of rotatable bonds is 4. The van der Waals surface area contributed by atoms with Gasteiger partial charge in [-0.2, -0.15) is 5.06 Å². The third-order valence-electron chi connectivity index (χ3n) is 4.34. The van der Waals surface area contributed by atoms with Crippen LogP contribution in [0.2, 0.25) is 0 Å². The van der Waals surface area contributed by atoms with Crippen molar-refractivity contribution in [1.29, 1.82) is 0 Å². The van der Waals surface area contributed by atoms with E-state index < -0.39 is 22.8 Å². The number of aryl methyl sites for hydroxylation is 1. The number of benzene rings is 1. The van der Waals surface area contributed by atoms with Crippen molar-refractivity contribution in [3.8, 4) is 0 Å². The molecule has 2 rings (SSSR count). The van der Waals surface area contributed by atoms with Crippen LogP contribution in [0.15, 0.2) is 18.2 Å². The van der Waals surface area contributed by atoms with Gasteiger partial charge in [0.15, 0.2) is 0 Å². The SMILES string of the molecule is CC1(C)c2ccc(CCC(=O)C(=O)O)cc2C(C)(C)N1O. The second-order valence-electron chi connectivity index (χ2n) is 6.54. The van der Waals surface area contributed by atoms with Gasteiger partial charge in [-0.1, -0.05) is 18.2 Å². The number of carboxylic acid groups (broad SMARTS) is 1. The zero-order valence-corrected chi connectivity index (χ0v) is 12.8. The normalized spacial score (nSPS) is 19.3. The summed E-state index contributed by atoms with van der Waals surface area (Å²) in [5.41, 5.74) is 1.96. The Morgan fingerprint density at radius 3 is 2.24 bits per heavy atom. The highest BCUT2D eigenvalue weighted by atomic mass is 16.5. The van der Waals surface area contributed by atoms with Gasteiger partial charge in [0.05, 0.1) is 11.1 Å². The molecule has 0 aromatic heterocycles. The summed E-state index contributed by atoms with van der Waals surface area (Å²) in [4.78, 5) is 21.7. The van der Waals surface area contributed by atoms with Gasteiger partial charge in [-0.15, -0.1) is 0 Å². The van der Waals surface area contributed by atoms with Gasteiger partial charge in [-0.25, -0.2) is 4.79 Å². The highest BCUT2D eigenvalue weighted by Gasteiger charge is 2.48. The van der Waals surface area contributed by atoms with Gasteiger partial charge < -0.3 is 10.3 Å². The maximum Gasteiger partial charge on any atom is 0.372 e. The van der Waals surface area contributed by atoms with Crippen LogP contribution in [0.25, 0.3) is 0 Å². The quantitative estimate of drug-likeness (QED) is 0.833. The molecule has 2 N–H and O–H groups in total. The van der Waals surface area contributed by atoms with E-state index in [0.717, 1.165) is 16.7 Å². The van der Waals surface area contributed by atoms with E-state index in [9.17, 15) is 14.8 Å². The summed E-state index contributed by atoms with van der Waals surface area (Å²) in [6, 6.07) is 5.81. The topological polar surface area (TPSA) is 77.8 Å². The first-order valence-electron chi connectivity index (χ1n) is 6.97. The van der Waals surface area contributed by atoms with Crippen molar-refractivity contribution in [1.82, 2.24) is 5.06 Å². The van der Waals surface area contributed by atoms with E-state index in [1.807, 2.05) is 45.9 Å². The molecule has 0 spiro atoms. The number of fused-ring (bicyclic) bond motifs is 1. The van der Waals surface area contributed by atoms with E-state index in [4.69, 9.17) is 5.11 Å². The van der Waals surface area contributed by atoms with Crippen LogP contribution in [0.1, 0.15) is 50.8 Å². The predicted molar refractivity (Wildman–Crippen MR) is 77.1 cm³/mol. The average Bonchev–Trinajstić information content (AvgIpc) is 2.55. The molecule has 1 aromatic rings. The van der Waals surface area contributed by atoms with Crippen LogP contribution in [0.4, 0.5) is 0 Å². The van der Waals surface area contributed by atoms with Crippen LogP contribution in [0.3, 0.4) is 0 Å². The Balaban J connectivity index is 2.31. The number of carboxylic acids is 1. The standard InChI is InChI=1S/C16H21NO4/c1-15(2)11-7-5-10(6-8-13(18)14(19)20)9-12(11)16(3,4)17(15)21/h5,7,9,21H,6,8H2,1-4H3,(H,19,20). The second kappa shape index (κ2) is 4.93. The van der Waals surface area contributed by atoms with E-state index in [-0.39, 0.29) is 6.42 Å². The van der Waals surface area contributed by atoms with E-state index >= 15 is 0 Å². The number of hydrogen-bond acceptors (Lipinski definition) is 4. The van der Waals surface area contributed by atoms with Crippen LogP contribution >= 0.6 is 0 Å². The Labute approximate surface area is 124 Å². The zero-order valence-electron chi connectivity index (χ0n) is 12.8. The van der Waals surface area contributed by atoms with E-state index in [1.165, 1.54) is 5.06 Å². The summed E-state index contributed by atoms with van der Waals surface area (Å²) >= 11 is 0. The Bertz CT molecular complexity index is 604. The molecule has 1 aliphatic heterocycles. The third-order valence-corrected chi connectivity index (χ3v) is 4.34. The van der Waals surface area contributed by atoms with Gasteiger partial charge in [-0.05, 0) is 50.8 Å². The van der Waals surface area contributed by atoms with Crippen LogP contribution in [0, 0.1) is 0 Å². The molecule has 0 amide bonds. The van der Waals surface area contributed by atoms with Gasteiger partial charge in [0.25, 0.3) is 0 Å². The lowest BCUT2D eigenvalue weighted by molar-refractivity contribution is -0.216. The van der Waals surface area contributed by atoms with Crippen molar-refractivity contribution in [3.05, 3.63) is 34.9 Å². The van der Waals surface area contributed by atoms with E-state index in [2.05, 4.69) is 0 Å². The number of hydroxylamine groups is 2. The first kappa shape index (κ1) is 15.7. The lowest BCUT2D eigenvalue weighted by atomic mass is 9.88. The van der Waals surface area contributed by atoms with Crippen molar-refractivity contribution in [2.75, 3.05) is 0 Å². The molecule has 1 aromatic carbocycles. The summed E-state index contributed by atoms with van der Waals surface area (Å²) in [7, 11) is 0. The monoisotopic (exact) mass is 291 g/mol. The number of nitrogens with zero attached hydrogens (tertiary/aromatic N) is 1. The Kier molecular flexibility index (Phi) is 3.68. The van der Waals surface area contributed by atoms with Crippen molar-refractivity contribution in [3.63, 3.8) is 0 Å². The number of aliphatic carboxylic acids is 1. The highest BCUT2D eigenvalue weighted by Crippen LogP contribution is 2.48. The Morgan fingerprint density at radius 2 is 1.67 bits per heavy atom. The molecule has 0 aliphatic carbocycles. The van der Waals surface area contributed by atoms with Crippen molar-refractivity contribution in [2.24, 2.45) is 0 Å². The molecule has 0 bridgehead atoms. The molecular weight excluding hydrogens is 270 g/mol. The van der Waals surface area contributed by atoms with Crippen molar-refractivity contribution >= 4 is 11.8 Å². The fourth-order valence-corrected chi connectivity index (χ4v) is 3.08. The van der Waals surface area contributed by atoms with Gasteiger partial charge in [0, 0.05) is 6.42 Å². The maximum atomic E-state index is 11.2. The number of Topliss-reactive ketones (excluding diaryl/α,β-unsaturated/α-hetero) is 1. The van der Waals surface area contributed by atoms with E-state index in [0.29, 0.717) is 6.42 Å². The van der Waals surface area contributed by atoms with Crippen molar-refractivity contribution < 1.29 is 19.9 Å². The fourth-order valence-electron chi connectivity index (χ4n) is 3.08. The van der Waals surface area contributed by atoms with Gasteiger partial charge in [0.2, 0.25) is 5.78 Å². The molecule has 5 heteroatoms. The molecule has 5 nitrogen and oxygen atoms in total. The summed E-state index contributed by atoms with van der Waals surface area (Å²) in [6.45, 7) is 7.78. The zero-order chi connectivity index (χ0) is 16.0. The molecule has 0 atom stereocenters. The third kappa shape index (κ3) is 2.47. The molecule has 0 radical (unpaired) electrons. The number of hydrogen-bond donors (Lipinski definition) is 2. The minimum Gasteiger partial charge on any atom is -0.476 e. The Morgan fingerprint density at radius 1 is 1.10 bits per heavy atom. The van der Waals surface area contributed by atoms with Crippen LogP contribution in [-0.4, -0.2) is 27.1 Å². The molecule has 21 heavy (non-hydrogen) atoms. The summed E-state index contributed by atoms with van der Waals surface area (Å²) in [5.74, 6) is -2.17. The average molecular weight is 291 g/mol. The maximum absolute atomic E-state index is 11.2. The minimum absolute atomic E-state index is 0.0131. The molecule has 0 saturated carbocycles.